The predicted molar refractivity (Wildman–Crippen MR) is 110 cm³/mol. The summed E-state index contributed by atoms with van der Waals surface area (Å²) in [6.45, 7) is 0. The molecule has 0 fully saturated rings. The van der Waals surface area contributed by atoms with Gasteiger partial charge in [0.25, 0.3) is 0 Å². The van der Waals surface area contributed by atoms with Gasteiger partial charge in [0.05, 0.1) is 11.6 Å². The number of anilines is 1. The third-order valence-corrected chi connectivity index (χ3v) is 5.67. The number of thioether (sulfide) groups is 1. The van der Waals surface area contributed by atoms with E-state index in [1.165, 1.54) is 29.2 Å². The Labute approximate surface area is 169 Å². The molecule has 1 amide bonds. The summed E-state index contributed by atoms with van der Waals surface area (Å²) in [6, 6.07) is 16.7. The third kappa shape index (κ3) is 5.93. The van der Waals surface area contributed by atoms with E-state index in [-0.39, 0.29) is 5.91 Å². The first-order valence-electron chi connectivity index (χ1n) is 7.82. The lowest BCUT2D eigenvalue weighted by atomic mass is 10.2. The molecule has 2 aromatic carbocycles. The number of carbonyl (C=O) groups excluding carboxylic acids is 1. The molecule has 0 saturated heterocycles. The first kappa shape index (κ1) is 19.1. The minimum Gasteiger partial charge on any atom is -0.297 e. The minimum absolute atomic E-state index is 0.273. The number of hydrogen-bond donors (Lipinski definition) is 1. The summed E-state index contributed by atoms with van der Waals surface area (Å²) in [4.78, 5) is 12.0. The maximum Gasteiger partial charge on any atom is 0.250 e. The topological polar surface area (TPSA) is 78.7 Å². The molecule has 0 aliphatic rings. The molecule has 0 spiro atoms. The molecule has 0 saturated carbocycles. The van der Waals surface area contributed by atoms with Crippen LogP contribution in [0.5, 0.6) is 0 Å². The fraction of sp³-hybridized carbons (Fsp3) is 0.0526. The number of halogens is 1. The van der Waals surface area contributed by atoms with Gasteiger partial charge in [-0.15, -0.1) is 10.2 Å². The SMILES string of the molecule is N#Cc1ccc(CSc2nnc(NC(=O)/C=C/c3ccc(Cl)cc3)s2)cc1. The lowest BCUT2D eigenvalue weighted by molar-refractivity contribution is -0.111. The predicted octanol–water partition coefficient (Wildman–Crippen LogP) is 5.01. The van der Waals surface area contributed by atoms with Gasteiger partial charge >= 0.3 is 0 Å². The molecule has 1 aromatic heterocycles. The molecule has 1 N–H and O–H groups in total. The summed E-state index contributed by atoms with van der Waals surface area (Å²) in [5.74, 6) is 0.440. The number of nitrogens with one attached hydrogen (secondary N) is 1. The Bertz CT molecular complexity index is 992. The summed E-state index contributed by atoms with van der Waals surface area (Å²) in [5.41, 5.74) is 2.60. The zero-order valence-corrected chi connectivity index (χ0v) is 16.3. The Kier molecular flexibility index (Phi) is 6.60. The quantitative estimate of drug-likeness (QED) is 0.350. The van der Waals surface area contributed by atoms with Gasteiger partial charge in [0, 0.05) is 16.9 Å². The van der Waals surface area contributed by atoms with Gasteiger partial charge in [-0.1, -0.05) is 59.0 Å². The van der Waals surface area contributed by atoms with Crippen LogP contribution in [0.25, 0.3) is 6.08 Å². The van der Waals surface area contributed by atoms with E-state index in [4.69, 9.17) is 16.9 Å². The van der Waals surface area contributed by atoms with Gasteiger partial charge in [0.15, 0.2) is 4.34 Å². The normalized spacial score (nSPS) is 10.7. The Hall–Kier alpha value is -2.66. The highest BCUT2D eigenvalue weighted by atomic mass is 35.5. The van der Waals surface area contributed by atoms with Gasteiger partial charge in [-0.3, -0.25) is 10.1 Å². The fourth-order valence-corrected chi connectivity index (χ4v) is 3.87. The molecule has 0 radical (unpaired) electrons. The number of nitrogens with zero attached hydrogens (tertiary/aromatic N) is 3. The van der Waals surface area contributed by atoms with Gasteiger partial charge in [-0.25, -0.2) is 0 Å². The van der Waals surface area contributed by atoms with Crippen molar-refractivity contribution in [2.75, 3.05) is 5.32 Å². The maximum atomic E-state index is 12.0. The molecule has 0 aliphatic heterocycles. The van der Waals surface area contributed by atoms with Crippen LogP contribution in [0.1, 0.15) is 16.7 Å². The van der Waals surface area contributed by atoms with Crippen molar-refractivity contribution >= 4 is 51.8 Å². The lowest BCUT2D eigenvalue weighted by Gasteiger charge is -1.98. The molecule has 1 heterocycles. The van der Waals surface area contributed by atoms with Crippen LogP contribution in [-0.4, -0.2) is 16.1 Å². The number of nitriles is 1. The molecular formula is C19H13ClN4OS2. The Balaban J connectivity index is 1.51. The highest BCUT2D eigenvalue weighted by Gasteiger charge is 2.07. The van der Waals surface area contributed by atoms with Crippen molar-refractivity contribution in [1.82, 2.24) is 10.2 Å². The maximum absolute atomic E-state index is 12.0. The number of hydrogen-bond acceptors (Lipinski definition) is 6. The first-order chi connectivity index (χ1) is 13.1. The van der Waals surface area contributed by atoms with E-state index in [0.29, 0.717) is 21.5 Å². The molecule has 3 aromatic rings. The van der Waals surface area contributed by atoms with Crippen LogP contribution in [0.4, 0.5) is 5.13 Å². The molecular weight excluding hydrogens is 400 g/mol. The number of carbonyl (C=O) groups is 1. The van der Waals surface area contributed by atoms with E-state index in [1.54, 1.807) is 30.3 Å². The van der Waals surface area contributed by atoms with Crippen LogP contribution in [-0.2, 0) is 10.5 Å². The van der Waals surface area contributed by atoms with Crippen molar-refractivity contribution in [1.29, 1.82) is 5.26 Å². The Morgan fingerprint density at radius 2 is 1.93 bits per heavy atom. The molecule has 3 rings (SSSR count). The molecule has 27 heavy (non-hydrogen) atoms. The second-order valence-corrected chi connectivity index (χ2v) is 7.98. The summed E-state index contributed by atoms with van der Waals surface area (Å²) in [6.07, 6.45) is 3.14. The van der Waals surface area contributed by atoms with Crippen LogP contribution >= 0.6 is 34.7 Å². The molecule has 0 unspecified atom stereocenters. The average molecular weight is 413 g/mol. The van der Waals surface area contributed by atoms with Crippen molar-refractivity contribution in [2.45, 2.75) is 10.1 Å². The highest BCUT2D eigenvalue weighted by molar-refractivity contribution is 8.00. The molecule has 134 valence electrons. The number of aromatic nitrogens is 2. The first-order valence-corrected chi connectivity index (χ1v) is 10.0. The van der Waals surface area contributed by atoms with Gasteiger partial charge < -0.3 is 0 Å². The van der Waals surface area contributed by atoms with E-state index in [9.17, 15) is 4.79 Å². The molecule has 0 bridgehead atoms. The molecule has 8 heteroatoms. The highest BCUT2D eigenvalue weighted by Crippen LogP contribution is 2.28. The van der Waals surface area contributed by atoms with Crippen LogP contribution in [0.3, 0.4) is 0 Å². The van der Waals surface area contributed by atoms with E-state index in [1.807, 2.05) is 24.3 Å². The standard InChI is InChI=1S/C19H13ClN4OS2/c20-16-8-5-13(6-9-16)7-10-17(25)22-18-23-24-19(27-18)26-12-15-3-1-14(11-21)2-4-15/h1-10H,12H2,(H,22,23,25)/b10-7+. The van der Waals surface area contributed by atoms with E-state index < -0.39 is 0 Å². The molecule has 0 aliphatic carbocycles. The molecule has 5 nitrogen and oxygen atoms in total. The van der Waals surface area contributed by atoms with Crippen LogP contribution in [0.15, 0.2) is 58.9 Å². The van der Waals surface area contributed by atoms with Crippen LogP contribution < -0.4 is 5.32 Å². The third-order valence-electron chi connectivity index (χ3n) is 3.38. The summed E-state index contributed by atoms with van der Waals surface area (Å²) < 4.78 is 0.761. The van der Waals surface area contributed by atoms with Crippen LogP contribution in [0, 0.1) is 11.3 Å². The van der Waals surface area contributed by atoms with Gasteiger partial charge in [-0.05, 0) is 41.5 Å². The van der Waals surface area contributed by atoms with Crippen molar-refractivity contribution in [3.63, 3.8) is 0 Å². The Morgan fingerprint density at radius 1 is 1.19 bits per heavy atom. The zero-order valence-electron chi connectivity index (χ0n) is 13.9. The van der Waals surface area contributed by atoms with Gasteiger partial charge in [0.2, 0.25) is 11.0 Å². The minimum atomic E-state index is -0.273. The van der Waals surface area contributed by atoms with E-state index in [2.05, 4.69) is 21.6 Å². The average Bonchev–Trinajstić information content (AvgIpc) is 3.13. The lowest BCUT2D eigenvalue weighted by Crippen LogP contribution is -2.07. The van der Waals surface area contributed by atoms with E-state index in [0.717, 1.165) is 15.5 Å². The van der Waals surface area contributed by atoms with Crippen molar-refractivity contribution in [3.05, 3.63) is 76.3 Å². The number of benzene rings is 2. The monoisotopic (exact) mass is 412 g/mol. The summed E-state index contributed by atoms with van der Waals surface area (Å²) in [7, 11) is 0. The van der Waals surface area contributed by atoms with Crippen LogP contribution in [0.2, 0.25) is 5.02 Å². The van der Waals surface area contributed by atoms with E-state index >= 15 is 0 Å². The largest absolute Gasteiger partial charge is 0.297 e. The smallest absolute Gasteiger partial charge is 0.250 e. The fourth-order valence-electron chi connectivity index (χ4n) is 2.03. The van der Waals surface area contributed by atoms with Crippen molar-refractivity contribution < 1.29 is 4.79 Å². The summed E-state index contributed by atoms with van der Waals surface area (Å²) in [5, 5.41) is 20.7. The van der Waals surface area contributed by atoms with Crippen molar-refractivity contribution in [2.24, 2.45) is 0 Å². The number of rotatable bonds is 6. The zero-order chi connectivity index (χ0) is 19.1. The van der Waals surface area contributed by atoms with Gasteiger partial charge in [0.1, 0.15) is 0 Å². The Morgan fingerprint density at radius 3 is 2.63 bits per heavy atom. The number of amides is 1. The van der Waals surface area contributed by atoms with Crippen molar-refractivity contribution in [3.8, 4) is 6.07 Å². The summed E-state index contributed by atoms with van der Waals surface area (Å²) >= 11 is 8.67. The van der Waals surface area contributed by atoms with Gasteiger partial charge in [-0.2, -0.15) is 5.26 Å². The second kappa shape index (κ2) is 9.33. The molecule has 0 atom stereocenters. The second-order valence-electron chi connectivity index (χ2n) is 5.34.